The summed E-state index contributed by atoms with van der Waals surface area (Å²) in [6.07, 6.45) is 1.71. The van der Waals surface area contributed by atoms with Crippen molar-refractivity contribution in [3.8, 4) is 0 Å². The number of anilines is 1. The van der Waals surface area contributed by atoms with Crippen LogP contribution >= 0.6 is 23.2 Å². The fourth-order valence-electron chi connectivity index (χ4n) is 2.17. The first-order valence-corrected chi connectivity index (χ1v) is 7.12. The van der Waals surface area contributed by atoms with Gasteiger partial charge in [0.1, 0.15) is 5.82 Å². The Morgan fingerprint density at radius 2 is 1.95 bits per heavy atom. The number of aromatic nitrogens is 1. The molecule has 3 rings (SSSR count). The SMILES string of the molecule is Fc1c(Cl)cccc1CNc1cc(Cl)cc2cccnc12. The van der Waals surface area contributed by atoms with Gasteiger partial charge >= 0.3 is 0 Å². The van der Waals surface area contributed by atoms with Crippen LogP contribution in [0.3, 0.4) is 0 Å². The van der Waals surface area contributed by atoms with Crippen LogP contribution in [0.15, 0.2) is 48.7 Å². The minimum Gasteiger partial charge on any atom is -0.379 e. The number of pyridine rings is 1. The van der Waals surface area contributed by atoms with Crippen LogP contribution in [0.5, 0.6) is 0 Å². The molecular weight excluding hydrogens is 310 g/mol. The van der Waals surface area contributed by atoms with E-state index in [1.54, 1.807) is 24.4 Å². The minimum atomic E-state index is -0.411. The number of halogens is 3. The zero-order valence-electron chi connectivity index (χ0n) is 10.9. The summed E-state index contributed by atoms with van der Waals surface area (Å²) in [5.41, 5.74) is 2.05. The molecule has 2 aromatic carbocycles. The smallest absolute Gasteiger partial charge is 0.146 e. The molecule has 0 amide bonds. The van der Waals surface area contributed by atoms with Crippen molar-refractivity contribution in [3.63, 3.8) is 0 Å². The summed E-state index contributed by atoms with van der Waals surface area (Å²) in [5, 5.41) is 4.81. The van der Waals surface area contributed by atoms with Crippen LogP contribution in [0, 0.1) is 5.82 Å². The van der Waals surface area contributed by atoms with E-state index in [1.807, 2.05) is 18.2 Å². The van der Waals surface area contributed by atoms with Crippen LogP contribution in [0.25, 0.3) is 10.9 Å². The van der Waals surface area contributed by atoms with Crippen molar-refractivity contribution in [2.45, 2.75) is 6.54 Å². The van der Waals surface area contributed by atoms with Gasteiger partial charge in [-0.05, 0) is 24.3 Å². The second kappa shape index (κ2) is 5.88. The highest BCUT2D eigenvalue weighted by molar-refractivity contribution is 6.32. The Labute approximate surface area is 131 Å². The molecule has 3 aromatic rings. The number of hydrogen-bond donors (Lipinski definition) is 1. The van der Waals surface area contributed by atoms with Gasteiger partial charge in [0.15, 0.2) is 0 Å². The second-order valence-corrected chi connectivity index (χ2v) is 5.44. The van der Waals surface area contributed by atoms with Crippen LogP contribution in [0.2, 0.25) is 10.0 Å². The van der Waals surface area contributed by atoms with E-state index < -0.39 is 5.82 Å². The van der Waals surface area contributed by atoms with E-state index in [1.165, 1.54) is 6.07 Å². The molecule has 1 heterocycles. The number of benzene rings is 2. The van der Waals surface area contributed by atoms with Gasteiger partial charge in [0.2, 0.25) is 0 Å². The number of hydrogen-bond acceptors (Lipinski definition) is 2. The predicted octanol–water partition coefficient (Wildman–Crippen LogP) is 5.29. The third-order valence-corrected chi connectivity index (χ3v) is 3.68. The molecule has 0 radical (unpaired) electrons. The van der Waals surface area contributed by atoms with E-state index in [0.717, 1.165) is 16.6 Å². The van der Waals surface area contributed by atoms with Gasteiger partial charge in [0.25, 0.3) is 0 Å². The number of fused-ring (bicyclic) bond motifs is 1. The minimum absolute atomic E-state index is 0.114. The number of nitrogens with one attached hydrogen (secondary N) is 1. The van der Waals surface area contributed by atoms with Gasteiger partial charge < -0.3 is 5.32 Å². The lowest BCUT2D eigenvalue weighted by Crippen LogP contribution is -2.03. The largest absolute Gasteiger partial charge is 0.379 e. The first-order valence-electron chi connectivity index (χ1n) is 6.36. The van der Waals surface area contributed by atoms with Gasteiger partial charge in [-0.2, -0.15) is 0 Å². The van der Waals surface area contributed by atoms with Crippen molar-refractivity contribution < 1.29 is 4.39 Å². The van der Waals surface area contributed by atoms with Crippen LogP contribution in [0.4, 0.5) is 10.1 Å². The molecule has 21 heavy (non-hydrogen) atoms. The van der Waals surface area contributed by atoms with Crippen molar-refractivity contribution in [1.29, 1.82) is 0 Å². The summed E-state index contributed by atoms with van der Waals surface area (Å²) in [6.45, 7) is 0.304. The van der Waals surface area contributed by atoms with E-state index in [0.29, 0.717) is 17.1 Å². The summed E-state index contributed by atoms with van der Waals surface area (Å²) in [5.74, 6) is -0.411. The maximum Gasteiger partial charge on any atom is 0.146 e. The Morgan fingerprint density at radius 3 is 2.81 bits per heavy atom. The molecule has 0 bridgehead atoms. The Kier molecular flexibility index (Phi) is 3.95. The zero-order valence-corrected chi connectivity index (χ0v) is 12.4. The quantitative estimate of drug-likeness (QED) is 0.709. The monoisotopic (exact) mass is 320 g/mol. The molecule has 2 nitrogen and oxygen atoms in total. The molecule has 0 saturated carbocycles. The van der Waals surface area contributed by atoms with Gasteiger partial charge in [-0.1, -0.05) is 41.4 Å². The third kappa shape index (κ3) is 2.94. The van der Waals surface area contributed by atoms with Gasteiger partial charge in [-0.3, -0.25) is 4.98 Å². The summed E-state index contributed by atoms with van der Waals surface area (Å²) < 4.78 is 13.9. The molecule has 0 fully saturated rings. The molecule has 0 unspecified atom stereocenters. The van der Waals surface area contributed by atoms with Gasteiger partial charge in [0, 0.05) is 28.7 Å². The molecule has 106 valence electrons. The Hall–Kier alpha value is -1.84. The van der Waals surface area contributed by atoms with Crippen molar-refractivity contribution >= 4 is 39.8 Å². The Morgan fingerprint density at radius 1 is 1.10 bits per heavy atom. The summed E-state index contributed by atoms with van der Waals surface area (Å²) in [6, 6.07) is 12.3. The van der Waals surface area contributed by atoms with Crippen molar-refractivity contribution in [1.82, 2.24) is 4.98 Å². The van der Waals surface area contributed by atoms with Crippen LogP contribution < -0.4 is 5.32 Å². The normalized spacial score (nSPS) is 10.8. The molecule has 0 aliphatic rings. The topological polar surface area (TPSA) is 24.9 Å². The highest BCUT2D eigenvalue weighted by Crippen LogP contribution is 2.27. The van der Waals surface area contributed by atoms with Crippen molar-refractivity contribution in [2.24, 2.45) is 0 Å². The molecule has 0 saturated heterocycles. The molecule has 5 heteroatoms. The van der Waals surface area contributed by atoms with E-state index in [4.69, 9.17) is 23.2 Å². The molecular formula is C16H11Cl2FN2. The van der Waals surface area contributed by atoms with E-state index in [-0.39, 0.29) is 5.02 Å². The number of rotatable bonds is 3. The summed E-state index contributed by atoms with van der Waals surface area (Å²) >= 11 is 11.9. The lowest BCUT2D eigenvalue weighted by atomic mass is 10.1. The third-order valence-electron chi connectivity index (χ3n) is 3.17. The van der Waals surface area contributed by atoms with Crippen LogP contribution in [-0.2, 0) is 6.54 Å². The Balaban J connectivity index is 1.93. The van der Waals surface area contributed by atoms with Gasteiger partial charge in [-0.25, -0.2) is 4.39 Å². The summed E-state index contributed by atoms with van der Waals surface area (Å²) in [7, 11) is 0. The summed E-state index contributed by atoms with van der Waals surface area (Å²) in [4.78, 5) is 4.33. The fourth-order valence-corrected chi connectivity index (χ4v) is 2.59. The predicted molar refractivity (Wildman–Crippen MR) is 85.5 cm³/mol. The van der Waals surface area contributed by atoms with Gasteiger partial charge in [-0.15, -0.1) is 0 Å². The number of nitrogens with zero attached hydrogens (tertiary/aromatic N) is 1. The standard InChI is InChI=1S/C16H11Cl2FN2/c17-12-7-10-4-2-6-20-16(10)14(8-12)21-9-11-3-1-5-13(18)15(11)19/h1-8,21H,9H2. The average molecular weight is 321 g/mol. The van der Waals surface area contributed by atoms with Crippen molar-refractivity contribution in [3.05, 3.63) is 70.1 Å². The molecule has 0 atom stereocenters. The first kappa shape index (κ1) is 14.1. The van der Waals surface area contributed by atoms with Crippen LogP contribution in [0.1, 0.15) is 5.56 Å². The lowest BCUT2D eigenvalue weighted by Gasteiger charge is -2.11. The van der Waals surface area contributed by atoms with Crippen molar-refractivity contribution in [2.75, 3.05) is 5.32 Å². The van der Waals surface area contributed by atoms with Crippen LogP contribution in [-0.4, -0.2) is 4.98 Å². The van der Waals surface area contributed by atoms with E-state index in [2.05, 4.69) is 10.3 Å². The highest BCUT2D eigenvalue weighted by atomic mass is 35.5. The highest BCUT2D eigenvalue weighted by Gasteiger charge is 2.08. The average Bonchev–Trinajstić information content (AvgIpc) is 2.48. The molecule has 0 aliphatic carbocycles. The first-order chi connectivity index (χ1) is 10.1. The van der Waals surface area contributed by atoms with E-state index >= 15 is 0 Å². The Bertz CT molecular complexity index is 805. The molecule has 1 N–H and O–H groups in total. The van der Waals surface area contributed by atoms with E-state index in [9.17, 15) is 4.39 Å². The fraction of sp³-hybridized carbons (Fsp3) is 0.0625. The maximum atomic E-state index is 13.9. The maximum absolute atomic E-state index is 13.9. The molecule has 0 aliphatic heterocycles. The van der Waals surface area contributed by atoms with Gasteiger partial charge in [0.05, 0.1) is 16.2 Å². The molecule has 0 spiro atoms. The second-order valence-electron chi connectivity index (χ2n) is 4.59. The lowest BCUT2D eigenvalue weighted by molar-refractivity contribution is 0.613. The zero-order chi connectivity index (χ0) is 14.8. The molecule has 1 aromatic heterocycles.